The van der Waals surface area contributed by atoms with Crippen molar-refractivity contribution < 1.29 is 14.3 Å². The number of carboxylic acids is 1. The molecule has 1 aromatic carbocycles. The van der Waals surface area contributed by atoms with E-state index in [4.69, 9.17) is 9.52 Å². The van der Waals surface area contributed by atoms with E-state index in [0.717, 1.165) is 20.6 Å². The van der Waals surface area contributed by atoms with E-state index in [2.05, 4.69) is 31.9 Å². The molecule has 0 unspecified atom stereocenters. The van der Waals surface area contributed by atoms with Gasteiger partial charge in [0, 0.05) is 20.6 Å². The lowest BCUT2D eigenvalue weighted by Crippen LogP contribution is -1.84. The Morgan fingerprint density at radius 1 is 1.22 bits per heavy atom. The first kappa shape index (κ1) is 13.1. The Balaban J connectivity index is 2.32. The van der Waals surface area contributed by atoms with E-state index in [0.29, 0.717) is 11.5 Å². The molecule has 0 atom stereocenters. The van der Waals surface area contributed by atoms with Gasteiger partial charge < -0.3 is 9.52 Å². The molecule has 2 aromatic rings. The molecular formula is C13H8Br2O3. The van der Waals surface area contributed by atoms with Crippen molar-refractivity contribution in [1.82, 2.24) is 0 Å². The number of aliphatic carboxylic acids is 1. The number of rotatable bonds is 3. The minimum atomic E-state index is -1.00. The SMILES string of the molecule is O=C(O)/C=C/c1ccc(-c2ccc(Br)cc2Br)o1. The van der Waals surface area contributed by atoms with Gasteiger partial charge in [-0.05, 0) is 52.3 Å². The molecule has 92 valence electrons. The highest BCUT2D eigenvalue weighted by Crippen LogP contribution is 2.32. The smallest absolute Gasteiger partial charge is 0.328 e. The maximum Gasteiger partial charge on any atom is 0.328 e. The zero-order valence-electron chi connectivity index (χ0n) is 9.06. The van der Waals surface area contributed by atoms with Gasteiger partial charge in [-0.2, -0.15) is 0 Å². The first-order chi connectivity index (χ1) is 8.56. The highest BCUT2D eigenvalue weighted by atomic mass is 79.9. The average Bonchev–Trinajstić information content (AvgIpc) is 2.75. The lowest BCUT2D eigenvalue weighted by Gasteiger charge is -2.01. The second-order valence-electron chi connectivity index (χ2n) is 3.50. The fourth-order valence-electron chi connectivity index (χ4n) is 1.43. The van der Waals surface area contributed by atoms with Crippen LogP contribution in [0.1, 0.15) is 5.76 Å². The van der Waals surface area contributed by atoms with Crippen LogP contribution in [0.5, 0.6) is 0 Å². The molecule has 1 aromatic heterocycles. The Labute approximate surface area is 120 Å². The minimum Gasteiger partial charge on any atom is -0.478 e. The van der Waals surface area contributed by atoms with Gasteiger partial charge >= 0.3 is 5.97 Å². The second kappa shape index (κ2) is 5.54. The van der Waals surface area contributed by atoms with E-state index >= 15 is 0 Å². The molecule has 0 aliphatic rings. The summed E-state index contributed by atoms with van der Waals surface area (Å²) in [6.07, 6.45) is 2.46. The Morgan fingerprint density at radius 3 is 2.67 bits per heavy atom. The standard InChI is InChI=1S/C13H8Br2O3/c14-8-1-4-10(11(15)7-8)12-5-2-9(18-12)3-6-13(16)17/h1-7H,(H,16,17)/b6-3+. The summed E-state index contributed by atoms with van der Waals surface area (Å²) < 4.78 is 7.42. The summed E-state index contributed by atoms with van der Waals surface area (Å²) in [6, 6.07) is 9.27. The molecule has 3 nitrogen and oxygen atoms in total. The van der Waals surface area contributed by atoms with Crippen molar-refractivity contribution in [2.75, 3.05) is 0 Å². The van der Waals surface area contributed by atoms with Gasteiger partial charge in [-0.3, -0.25) is 0 Å². The number of hydrogen-bond acceptors (Lipinski definition) is 2. The maximum atomic E-state index is 10.4. The molecule has 0 radical (unpaired) electrons. The Kier molecular flexibility index (Phi) is 4.04. The van der Waals surface area contributed by atoms with Crippen LogP contribution in [0, 0.1) is 0 Å². The molecule has 2 rings (SSSR count). The first-order valence-corrected chi connectivity index (χ1v) is 6.61. The van der Waals surface area contributed by atoms with Gasteiger partial charge in [0.1, 0.15) is 11.5 Å². The highest BCUT2D eigenvalue weighted by Gasteiger charge is 2.07. The predicted molar refractivity (Wildman–Crippen MR) is 76.2 cm³/mol. The summed E-state index contributed by atoms with van der Waals surface area (Å²) in [7, 11) is 0. The van der Waals surface area contributed by atoms with Crippen LogP contribution in [0.3, 0.4) is 0 Å². The van der Waals surface area contributed by atoms with Crippen molar-refractivity contribution in [1.29, 1.82) is 0 Å². The normalized spacial score (nSPS) is 11.0. The summed E-state index contributed by atoms with van der Waals surface area (Å²) in [6.45, 7) is 0. The maximum absolute atomic E-state index is 10.4. The van der Waals surface area contributed by atoms with Crippen molar-refractivity contribution in [3.8, 4) is 11.3 Å². The van der Waals surface area contributed by atoms with Crippen LogP contribution in [0.4, 0.5) is 0 Å². The molecule has 5 heteroatoms. The third kappa shape index (κ3) is 3.11. The molecular weight excluding hydrogens is 364 g/mol. The number of carboxylic acid groups (broad SMARTS) is 1. The summed E-state index contributed by atoms with van der Waals surface area (Å²) in [4.78, 5) is 10.4. The van der Waals surface area contributed by atoms with Gasteiger partial charge in [-0.1, -0.05) is 15.9 Å². The molecule has 0 aliphatic heterocycles. The van der Waals surface area contributed by atoms with Crippen LogP contribution >= 0.6 is 31.9 Å². The number of furan rings is 1. The fraction of sp³-hybridized carbons (Fsp3) is 0. The van der Waals surface area contributed by atoms with Crippen molar-refractivity contribution in [3.05, 3.63) is 51.1 Å². The molecule has 0 bridgehead atoms. The fourth-order valence-corrected chi connectivity index (χ4v) is 2.67. The topological polar surface area (TPSA) is 50.4 Å². The molecule has 1 heterocycles. The van der Waals surface area contributed by atoms with Gasteiger partial charge in [0.25, 0.3) is 0 Å². The molecule has 18 heavy (non-hydrogen) atoms. The monoisotopic (exact) mass is 370 g/mol. The van der Waals surface area contributed by atoms with E-state index in [-0.39, 0.29) is 0 Å². The van der Waals surface area contributed by atoms with Crippen LogP contribution in [0.25, 0.3) is 17.4 Å². The molecule has 0 aliphatic carbocycles. The quantitative estimate of drug-likeness (QED) is 0.804. The van der Waals surface area contributed by atoms with Crippen LogP contribution in [0.2, 0.25) is 0 Å². The van der Waals surface area contributed by atoms with Crippen molar-refractivity contribution >= 4 is 43.9 Å². The van der Waals surface area contributed by atoms with E-state index in [1.54, 1.807) is 12.1 Å². The van der Waals surface area contributed by atoms with Crippen LogP contribution in [-0.4, -0.2) is 11.1 Å². The van der Waals surface area contributed by atoms with Gasteiger partial charge in [0.15, 0.2) is 0 Å². The third-order valence-electron chi connectivity index (χ3n) is 2.21. The average molecular weight is 372 g/mol. The second-order valence-corrected chi connectivity index (χ2v) is 5.27. The summed E-state index contributed by atoms with van der Waals surface area (Å²) in [5.41, 5.74) is 0.910. The number of halogens is 2. The Hall–Kier alpha value is -1.33. The van der Waals surface area contributed by atoms with Gasteiger partial charge in [0.2, 0.25) is 0 Å². The first-order valence-electron chi connectivity index (χ1n) is 5.02. The molecule has 1 N–H and O–H groups in total. The minimum absolute atomic E-state index is 0.502. The van der Waals surface area contributed by atoms with Crippen molar-refractivity contribution in [3.63, 3.8) is 0 Å². The Bertz CT molecular complexity index is 614. The summed E-state index contributed by atoms with van der Waals surface area (Å²) in [5, 5.41) is 8.53. The lowest BCUT2D eigenvalue weighted by molar-refractivity contribution is -0.131. The molecule has 0 saturated carbocycles. The van der Waals surface area contributed by atoms with Crippen LogP contribution < -0.4 is 0 Å². The lowest BCUT2D eigenvalue weighted by atomic mass is 10.2. The van der Waals surface area contributed by atoms with Crippen molar-refractivity contribution in [2.24, 2.45) is 0 Å². The molecule has 0 amide bonds. The number of carbonyl (C=O) groups is 1. The van der Waals surface area contributed by atoms with Crippen molar-refractivity contribution in [2.45, 2.75) is 0 Å². The molecule has 0 saturated heterocycles. The third-order valence-corrected chi connectivity index (χ3v) is 3.36. The summed E-state index contributed by atoms with van der Waals surface area (Å²) >= 11 is 6.83. The van der Waals surface area contributed by atoms with E-state index in [1.807, 2.05) is 18.2 Å². The Morgan fingerprint density at radius 2 is 2.00 bits per heavy atom. The largest absolute Gasteiger partial charge is 0.478 e. The predicted octanol–water partition coefficient (Wildman–Crippen LogP) is 4.57. The van der Waals surface area contributed by atoms with Crippen LogP contribution in [0.15, 0.2) is 49.8 Å². The highest BCUT2D eigenvalue weighted by molar-refractivity contribution is 9.11. The number of hydrogen-bond donors (Lipinski definition) is 1. The van der Waals surface area contributed by atoms with E-state index in [1.165, 1.54) is 6.08 Å². The van der Waals surface area contributed by atoms with Gasteiger partial charge in [0.05, 0.1) is 0 Å². The summed E-state index contributed by atoms with van der Waals surface area (Å²) in [5.74, 6) is 0.180. The zero-order valence-corrected chi connectivity index (χ0v) is 12.2. The van der Waals surface area contributed by atoms with E-state index < -0.39 is 5.97 Å². The molecule has 0 fully saturated rings. The number of benzene rings is 1. The van der Waals surface area contributed by atoms with Gasteiger partial charge in [-0.15, -0.1) is 0 Å². The van der Waals surface area contributed by atoms with E-state index in [9.17, 15) is 4.79 Å². The zero-order chi connectivity index (χ0) is 13.1. The van der Waals surface area contributed by atoms with Crippen LogP contribution in [-0.2, 0) is 4.79 Å². The van der Waals surface area contributed by atoms with Gasteiger partial charge in [-0.25, -0.2) is 4.79 Å². The molecule has 0 spiro atoms.